The van der Waals surface area contributed by atoms with E-state index >= 15 is 0 Å². The van der Waals surface area contributed by atoms with Gasteiger partial charge in [0.2, 0.25) is 10.0 Å². The third-order valence-electron chi connectivity index (χ3n) is 5.60. The second kappa shape index (κ2) is 9.06. The van der Waals surface area contributed by atoms with Crippen molar-refractivity contribution in [2.75, 3.05) is 19.6 Å². The van der Waals surface area contributed by atoms with Crippen LogP contribution in [0.25, 0.3) is 0 Å². The van der Waals surface area contributed by atoms with Crippen molar-refractivity contribution in [3.05, 3.63) is 64.7 Å². The van der Waals surface area contributed by atoms with Crippen molar-refractivity contribution in [2.45, 2.75) is 42.7 Å². The van der Waals surface area contributed by atoms with Crippen LogP contribution in [0.5, 0.6) is 0 Å². The minimum absolute atomic E-state index is 0.0481. The van der Waals surface area contributed by atoms with Crippen molar-refractivity contribution in [1.82, 2.24) is 14.9 Å². The highest BCUT2D eigenvalue weighted by atomic mass is 35.5. The van der Waals surface area contributed by atoms with E-state index < -0.39 is 10.0 Å². The minimum atomic E-state index is -3.52. The molecule has 1 aliphatic heterocycles. The highest BCUT2D eigenvalue weighted by Gasteiger charge is 2.28. The average Bonchev–Trinajstić information content (AvgIpc) is 3.36. The number of nitrogens with one attached hydrogen (secondary N) is 2. The Bertz CT molecular complexity index is 1000. The summed E-state index contributed by atoms with van der Waals surface area (Å²) < 4.78 is 27.2. The van der Waals surface area contributed by atoms with Crippen molar-refractivity contribution < 1.29 is 13.2 Å². The molecule has 30 heavy (non-hydrogen) atoms. The first-order valence-corrected chi connectivity index (χ1v) is 12.2. The molecule has 1 aliphatic carbocycles. The monoisotopic (exact) mass is 447 g/mol. The maximum absolute atomic E-state index is 12.7. The molecule has 1 atom stereocenters. The summed E-state index contributed by atoms with van der Waals surface area (Å²) in [5, 5.41) is 3.69. The molecule has 2 fully saturated rings. The molecule has 1 heterocycles. The number of sulfonamides is 1. The lowest BCUT2D eigenvalue weighted by Gasteiger charge is -2.28. The van der Waals surface area contributed by atoms with E-state index in [1.807, 2.05) is 24.3 Å². The number of carbonyl (C=O) groups excluding carboxylic acids is 1. The van der Waals surface area contributed by atoms with E-state index in [1.165, 1.54) is 12.1 Å². The highest BCUT2D eigenvalue weighted by molar-refractivity contribution is 7.89. The lowest BCUT2D eigenvalue weighted by molar-refractivity contribution is 0.0938. The fourth-order valence-corrected chi connectivity index (χ4v) is 5.29. The van der Waals surface area contributed by atoms with Crippen molar-refractivity contribution in [2.24, 2.45) is 0 Å². The van der Waals surface area contributed by atoms with Crippen LogP contribution in [-0.4, -0.2) is 44.9 Å². The summed E-state index contributed by atoms with van der Waals surface area (Å²) in [6.07, 6.45) is 4.06. The van der Waals surface area contributed by atoms with Gasteiger partial charge in [0, 0.05) is 23.2 Å². The quantitative estimate of drug-likeness (QED) is 0.650. The molecular weight excluding hydrogens is 422 g/mol. The van der Waals surface area contributed by atoms with Gasteiger partial charge in [-0.1, -0.05) is 23.7 Å². The van der Waals surface area contributed by atoms with Gasteiger partial charge in [-0.25, -0.2) is 13.1 Å². The molecule has 8 heteroatoms. The van der Waals surface area contributed by atoms with E-state index in [2.05, 4.69) is 14.9 Å². The van der Waals surface area contributed by atoms with E-state index in [4.69, 9.17) is 11.6 Å². The Kier molecular flexibility index (Phi) is 6.43. The number of rotatable bonds is 8. The Morgan fingerprint density at radius 1 is 1.10 bits per heavy atom. The van der Waals surface area contributed by atoms with Gasteiger partial charge < -0.3 is 5.32 Å². The molecule has 4 rings (SSSR count). The molecule has 2 aromatic carbocycles. The summed E-state index contributed by atoms with van der Waals surface area (Å²) in [7, 11) is -3.52. The smallest absolute Gasteiger partial charge is 0.251 e. The van der Waals surface area contributed by atoms with Crippen LogP contribution >= 0.6 is 11.6 Å². The van der Waals surface area contributed by atoms with Crippen molar-refractivity contribution in [1.29, 1.82) is 0 Å². The zero-order valence-corrected chi connectivity index (χ0v) is 18.3. The minimum Gasteiger partial charge on any atom is -0.350 e. The topological polar surface area (TPSA) is 78.5 Å². The van der Waals surface area contributed by atoms with Gasteiger partial charge >= 0.3 is 0 Å². The molecule has 0 spiro atoms. The largest absolute Gasteiger partial charge is 0.350 e. The zero-order valence-electron chi connectivity index (χ0n) is 16.7. The first kappa shape index (κ1) is 21.3. The van der Waals surface area contributed by atoms with Crippen molar-refractivity contribution >= 4 is 27.5 Å². The molecule has 1 unspecified atom stereocenters. The predicted octanol–water partition coefficient (Wildman–Crippen LogP) is 3.35. The Morgan fingerprint density at radius 2 is 1.80 bits per heavy atom. The molecule has 2 aromatic rings. The Morgan fingerprint density at radius 3 is 2.43 bits per heavy atom. The van der Waals surface area contributed by atoms with Crippen LogP contribution in [0.1, 0.15) is 47.6 Å². The fraction of sp³-hybridized carbons (Fsp3) is 0.409. The van der Waals surface area contributed by atoms with Gasteiger partial charge in [-0.15, -0.1) is 0 Å². The number of nitrogens with zero attached hydrogens (tertiary/aromatic N) is 1. The Balaban J connectivity index is 1.43. The summed E-state index contributed by atoms with van der Waals surface area (Å²) >= 11 is 6.18. The normalized spacial score (nSPS) is 18.3. The number of likely N-dealkylation sites (tertiary alicyclic amines) is 1. The SMILES string of the molecule is O=C(NCC(c1cccc(Cl)c1)N1CCCC1)c1ccc(S(=O)(=O)NC2CC2)cc1. The molecule has 0 bridgehead atoms. The number of benzene rings is 2. The lowest BCUT2D eigenvalue weighted by atomic mass is 10.1. The second-order valence-corrected chi connectivity index (χ2v) is 10.1. The van der Waals surface area contributed by atoms with Crippen molar-refractivity contribution in [3.63, 3.8) is 0 Å². The molecule has 0 radical (unpaired) electrons. The molecule has 160 valence electrons. The zero-order chi connectivity index (χ0) is 21.1. The van der Waals surface area contributed by atoms with E-state index in [0.29, 0.717) is 17.1 Å². The number of hydrogen-bond donors (Lipinski definition) is 2. The average molecular weight is 448 g/mol. The summed E-state index contributed by atoms with van der Waals surface area (Å²) in [6.45, 7) is 2.45. The molecule has 2 aliphatic rings. The summed E-state index contributed by atoms with van der Waals surface area (Å²) in [5.41, 5.74) is 1.52. The van der Waals surface area contributed by atoms with Crippen LogP contribution in [0, 0.1) is 0 Å². The molecule has 1 saturated heterocycles. The van der Waals surface area contributed by atoms with Crippen LogP contribution in [0.3, 0.4) is 0 Å². The highest BCUT2D eigenvalue weighted by Crippen LogP contribution is 2.27. The third-order valence-corrected chi connectivity index (χ3v) is 7.37. The number of carbonyl (C=O) groups is 1. The van der Waals surface area contributed by atoms with Gasteiger partial charge in [0.1, 0.15) is 0 Å². The van der Waals surface area contributed by atoms with Gasteiger partial charge in [0.05, 0.1) is 10.9 Å². The number of halogens is 1. The number of amides is 1. The van der Waals surface area contributed by atoms with Crippen LogP contribution in [0.4, 0.5) is 0 Å². The molecule has 1 saturated carbocycles. The van der Waals surface area contributed by atoms with E-state index in [-0.39, 0.29) is 22.9 Å². The maximum atomic E-state index is 12.7. The van der Waals surface area contributed by atoms with Crippen LogP contribution in [0.2, 0.25) is 5.02 Å². The Hall–Kier alpha value is -1.93. The maximum Gasteiger partial charge on any atom is 0.251 e. The standard InChI is InChI=1S/C22H26ClN3O3S/c23-18-5-3-4-17(14-18)21(26-12-1-2-13-26)15-24-22(27)16-6-10-20(11-7-16)30(28,29)25-19-8-9-19/h3-7,10-11,14,19,21,25H,1-2,8-9,12-13,15H2,(H,24,27). The summed E-state index contributed by atoms with van der Waals surface area (Å²) in [6, 6.07) is 13.9. The van der Waals surface area contributed by atoms with Gasteiger partial charge in [-0.3, -0.25) is 9.69 Å². The first-order valence-electron chi connectivity index (χ1n) is 10.3. The molecule has 6 nitrogen and oxygen atoms in total. The molecule has 0 aromatic heterocycles. The van der Waals surface area contributed by atoms with Gasteiger partial charge in [0.25, 0.3) is 5.91 Å². The van der Waals surface area contributed by atoms with Gasteiger partial charge in [0.15, 0.2) is 0 Å². The van der Waals surface area contributed by atoms with Gasteiger partial charge in [-0.2, -0.15) is 0 Å². The van der Waals surface area contributed by atoms with Gasteiger partial charge in [-0.05, 0) is 80.7 Å². The number of hydrogen-bond acceptors (Lipinski definition) is 4. The van der Waals surface area contributed by atoms with E-state index in [9.17, 15) is 13.2 Å². The fourth-order valence-electron chi connectivity index (χ4n) is 3.79. The summed E-state index contributed by atoms with van der Waals surface area (Å²) in [4.78, 5) is 15.2. The lowest BCUT2D eigenvalue weighted by Crippen LogP contribution is -2.36. The second-order valence-electron chi connectivity index (χ2n) is 7.94. The van der Waals surface area contributed by atoms with E-state index in [0.717, 1.165) is 44.3 Å². The first-order chi connectivity index (χ1) is 14.4. The Labute approximate surface area is 182 Å². The van der Waals surface area contributed by atoms with Crippen LogP contribution in [0.15, 0.2) is 53.4 Å². The van der Waals surface area contributed by atoms with E-state index in [1.54, 1.807) is 12.1 Å². The molecule has 1 amide bonds. The molecule has 2 N–H and O–H groups in total. The van der Waals surface area contributed by atoms with Crippen LogP contribution in [-0.2, 0) is 10.0 Å². The molecular formula is C22H26ClN3O3S. The predicted molar refractivity (Wildman–Crippen MR) is 117 cm³/mol. The van der Waals surface area contributed by atoms with Crippen molar-refractivity contribution in [3.8, 4) is 0 Å². The summed E-state index contributed by atoms with van der Waals surface area (Å²) in [5.74, 6) is -0.222. The third kappa shape index (κ3) is 5.21. The van der Waals surface area contributed by atoms with Crippen LogP contribution < -0.4 is 10.0 Å².